The third-order valence-electron chi connectivity index (χ3n) is 5.18. The fourth-order valence-electron chi connectivity index (χ4n) is 3.87. The summed E-state index contributed by atoms with van der Waals surface area (Å²) in [7, 11) is -5.54. The largest absolute Gasteiger partial charge is 1.00 e. The highest BCUT2D eigenvalue weighted by Crippen LogP contribution is 2.58. The van der Waals surface area contributed by atoms with Gasteiger partial charge in [-0.15, -0.1) is 0 Å². The average molecular weight is 483 g/mol. The second-order valence-corrected chi connectivity index (χ2v) is 12.5. The Morgan fingerprint density at radius 3 is 1.34 bits per heavy atom. The zero-order chi connectivity index (χ0) is 21.7. The molecule has 0 saturated heterocycles. The summed E-state index contributed by atoms with van der Waals surface area (Å²) >= 11 is 0. The SMILES string of the molecule is CS(=O)(=O)Oc1ccc(C[P+](c2ccccc2)(c2ccccc2)c2ccccc2)cc1.[Cl-]. The van der Waals surface area contributed by atoms with E-state index in [0.29, 0.717) is 5.75 Å². The van der Waals surface area contributed by atoms with Crippen molar-refractivity contribution in [3.05, 3.63) is 121 Å². The average Bonchev–Trinajstić information content (AvgIpc) is 2.79. The molecule has 0 heterocycles. The monoisotopic (exact) mass is 482 g/mol. The van der Waals surface area contributed by atoms with Crippen LogP contribution >= 0.6 is 7.26 Å². The molecule has 0 aliphatic rings. The van der Waals surface area contributed by atoms with Crippen molar-refractivity contribution >= 4 is 33.3 Å². The van der Waals surface area contributed by atoms with Gasteiger partial charge in [-0.2, -0.15) is 8.42 Å². The van der Waals surface area contributed by atoms with E-state index in [1.54, 1.807) is 12.1 Å². The molecule has 0 N–H and O–H groups in total. The second kappa shape index (κ2) is 10.3. The quantitative estimate of drug-likeness (QED) is 0.296. The molecule has 4 aromatic rings. The van der Waals surface area contributed by atoms with Crippen LogP contribution in [0.2, 0.25) is 0 Å². The molecule has 0 aliphatic heterocycles. The maximum absolute atomic E-state index is 11.5. The normalized spacial score (nSPS) is 11.4. The summed E-state index contributed by atoms with van der Waals surface area (Å²) in [5, 5.41) is 3.93. The van der Waals surface area contributed by atoms with Crippen molar-refractivity contribution in [2.24, 2.45) is 0 Å². The molecule has 0 atom stereocenters. The van der Waals surface area contributed by atoms with Gasteiger partial charge < -0.3 is 16.6 Å². The molecule has 0 aromatic heterocycles. The first-order chi connectivity index (χ1) is 15.0. The van der Waals surface area contributed by atoms with Crippen LogP contribution in [-0.2, 0) is 16.3 Å². The molecule has 0 bridgehead atoms. The molecule has 164 valence electrons. The predicted octanol–water partition coefficient (Wildman–Crippen LogP) is 1.52. The van der Waals surface area contributed by atoms with E-state index in [2.05, 4.69) is 72.8 Å². The minimum Gasteiger partial charge on any atom is -1.00 e. The number of hydrogen-bond donors (Lipinski definition) is 0. The van der Waals surface area contributed by atoms with Crippen molar-refractivity contribution in [1.82, 2.24) is 0 Å². The Bertz CT molecular complexity index is 1130. The van der Waals surface area contributed by atoms with E-state index < -0.39 is 17.4 Å². The van der Waals surface area contributed by atoms with Crippen molar-refractivity contribution in [3.8, 4) is 5.75 Å². The van der Waals surface area contributed by atoms with E-state index in [4.69, 9.17) is 4.18 Å². The number of rotatable bonds is 7. The lowest BCUT2D eigenvalue weighted by Crippen LogP contribution is -3.00. The third-order valence-corrected chi connectivity index (χ3v) is 10.1. The van der Waals surface area contributed by atoms with E-state index in [0.717, 1.165) is 18.0 Å². The standard InChI is InChI=1S/C26H24O3PS.ClH/c1-31(27,28)29-23-19-17-22(18-20-23)21-30(24-11-5-2-6-12-24,25-13-7-3-8-14-25)26-15-9-4-10-16-26;/h2-20H,21H2,1H3;1H/q+1;/p-1. The van der Waals surface area contributed by atoms with Crippen molar-refractivity contribution in [1.29, 1.82) is 0 Å². The summed E-state index contributed by atoms with van der Waals surface area (Å²) in [5.74, 6) is 0.328. The second-order valence-electron chi connectivity index (χ2n) is 7.41. The molecule has 0 radical (unpaired) electrons. The Kier molecular flexibility index (Phi) is 7.73. The summed E-state index contributed by atoms with van der Waals surface area (Å²) in [6.07, 6.45) is 1.88. The highest BCUT2D eigenvalue weighted by molar-refractivity contribution is 7.95. The molecule has 0 amide bonds. The molecular weight excluding hydrogens is 459 g/mol. The number of hydrogen-bond acceptors (Lipinski definition) is 3. The molecule has 4 aromatic carbocycles. The van der Waals surface area contributed by atoms with E-state index in [-0.39, 0.29) is 12.4 Å². The fourth-order valence-corrected chi connectivity index (χ4v) is 8.57. The van der Waals surface area contributed by atoms with Crippen LogP contribution < -0.4 is 32.5 Å². The summed E-state index contributed by atoms with van der Waals surface area (Å²) < 4.78 is 27.9. The minimum atomic E-state index is -3.55. The van der Waals surface area contributed by atoms with Crippen LogP contribution in [0.3, 0.4) is 0 Å². The lowest BCUT2D eigenvalue weighted by molar-refractivity contribution is -0.00000961. The topological polar surface area (TPSA) is 43.4 Å². The molecule has 0 saturated carbocycles. The van der Waals surface area contributed by atoms with Gasteiger partial charge in [0.1, 0.15) is 28.9 Å². The highest BCUT2D eigenvalue weighted by Gasteiger charge is 2.45. The van der Waals surface area contributed by atoms with Crippen LogP contribution in [0.25, 0.3) is 0 Å². The van der Waals surface area contributed by atoms with Crippen LogP contribution in [0.15, 0.2) is 115 Å². The lowest BCUT2D eigenvalue weighted by Gasteiger charge is -2.27. The van der Waals surface area contributed by atoms with Gasteiger partial charge in [0.15, 0.2) is 0 Å². The summed E-state index contributed by atoms with van der Waals surface area (Å²) in [5.41, 5.74) is 1.13. The van der Waals surface area contributed by atoms with Crippen LogP contribution in [0.5, 0.6) is 5.75 Å². The zero-order valence-corrected chi connectivity index (χ0v) is 20.1. The minimum absolute atomic E-state index is 0. The molecule has 32 heavy (non-hydrogen) atoms. The van der Waals surface area contributed by atoms with E-state index in [1.807, 2.05) is 30.3 Å². The van der Waals surface area contributed by atoms with Crippen LogP contribution in [0.1, 0.15) is 5.56 Å². The Hall–Kier alpha value is -2.65. The predicted molar refractivity (Wildman–Crippen MR) is 131 cm³/mol. The van der Waals surface area contributed by atoms with Crippen LogP contribution in [0.4, 0.5) is 0 Å². The lowest BCUT2D eigenvalue weighted by atomic mass is 10.2. The summed E-state index contributed by atoms with van der Waals surface area (Å²) in [4.78, 5) is 0. The van der Waals surface area contributed by atoms with Gasteiger partial charge in [0.25, 0.3) is 0 Å². The third kappa shape index (κ3) is 5.39. The maximum atomic E-state index is 11.5. The molecule has 0 unspecified atom stereocenters. The van der Waals surface area contributed by atoms with Gasteiger partial charge in [-0.3, -0.25) is 0 Å². The Labute approximate surface area is 197 Å². The molecule has 0 spiro atoms. The first-order valence-electron chi connectivity index (χ1n) is 10.0. The Morgan fingerprint density at radius 1 is 0.625 bits per heavy atom. The van der Waals surface area contributed by atoms with Crippen molar-refractivity contribution in [3.63, 3.8) is 0 Å². The van der Waals surface area contributed by atoms with Gasteiger partial charge in [-0.25, -0.2) is 0 Å². The number of halogens is 1. The first kappa shape index (κ1) is 24.0. The van der Waals surface area contributed by atoms with Crippen molar-refractivity contribution in [2.45, 2.75) is 6.16 Å². The van der Waals surface area contributed by atoms with Crippen LogP contribution in [-0.4, -0.2) is 14.7 Å². The summed E-state index contributed by atoms with van der Waals surface area (Å²) in [6, 6.07) is 39.4. The summed E-state index contributed by atoms with van der Waals surface area (Å²) in [6.45, 7) is 0. The Balaban J connectivity index is 0.00000289. The van der Waals surface area contributed by atoms with Gasteiger partial charge in [-0.05, 0) is 54.1 Å². The van der Waals surface area contributed by atoms with Crippen molar-refractivity contribution in [2.75, 3.05) is 6.26 Å². The molecule has 3 nitrogen and oxygen atoms in total. The van der Waals surface area contributed by atoms with Gasteiger partial charge in [0.05, 0.1) is 12.4 Å². The Morgan fingerprint density at radius 2 is 1.00 bits per heavy atom. The van der Waals surface area contributed by atoms with E-state index in [1.165, 1.54) is 15.9 Å². The molecule has 4 rings (SSSR count). The van der Waals surface area contributed by atoms with Crippen molar-refractivity contribution < 1.29 is 25.0 Å². The van der Waals surface area contributed by atoms with E-state index in [9.17, 15) is 8.42 Å². The molecule has 6 heteroatoms. The number of benzene rings is 4. The van der Waals surface area contributed by atoms with E-state index >= 15 is 0 Å². The van der Waals surface area contributed by atoms with Gasteiger partial charge >= 0.3 is 10.1 Å². The first-order valence-corrected chi connectivity index (χ1v) is 13.8. The van der Waals surface area contributed by atoms with Gasteiger partial charge in [0, 0.05) is 0 Å². The maximum Gasteiger partial charge on any atom is 0.306 e. The molecular formula is C26H24ClO3PS. The fraction of sp³-hybridized carbons (Fsp3) is 0.0769. The highest BCUT2D eigenvalue weighted by atomic mass is 35.5. The van der Waals surface area contributed by atoms with Gasteiger partial charge in [-0.1, -0.05) is 66.7 Å². The van der Waals surface area contributed by atoms with Gasteiger partial charge in [0.2, 0.25) is 0 Å². The van der Waals surface area contributed by atoms with Crippen LogP contribution in [0, 0.1) is 0 Å². The molecule has 0 aliphatic carbocycles. The zero-order valence-electron chi connectivity index (χ0n) is 17.6. The molecule has 0 fully saturated rings. The smallest absolute Gasteiger partial charge is 0.306 e.